The van der Waals surface area contributed by atoms with Gasteiger partial charge in [-0.1, -0.05) is 12.1 Å². The van der Waals surface area contributed by atoms with E-state index < -0.39 is 23.8 Å². The van der Waals surface area contributed by atoms with Crippen LogP contribution in [0.2, 0.25) is 0 Å². The molecule has 3 saturated heterocycles. The van der Waals surface area contributed by atoms with E-state index in [-0.39, 0.29) is 18.7 Å². The third-order valence-electron chi connectivity index (χ3n) is 7.24. The zero-order valence-electron chi connectivity index (χ0n) is 16.8. The van der Waals surface area contributed by atoms with Gasteiger partial charge >= 0.3 is 0 Å². The van der Waals surface area contributed by atoms with Crippen LogP contribution in [-0.4, -0.2) is 58.6 Å². The van der Waals surface area contributed by atoms with Crippen molar-refractivity contribution in [3.05, 3.63) is 34.9 Å². The first-order chi connectivity index (χ1) is 14.5. The summed E-state index contributed by atoms with van der Waals surface area (Å²) in [7, 11) is 0. The van der Waals surface area contributed by atoms with Crippen LogP contribution in [0.4, 0.5) is 0 Å². The Kier molecular flexibility index (Phi) is 4.71. The van der Waals surface area contributed by atoms with Crippen LogP contribution in [0.25, 0.3) is 0 Å². The third kappa shape index (κ3) is 2.97. The van der Waals surface area contributed by atoms with Gasteiger partial charge in [0.2, 0.25) is 11.8 Å². The monoisotopic (exact) mass is 410 g/mol. The lowest BCUT2D eigenvalue weighted by Crippen LogP contribution is -2.54. The zero-order chi connectivity index (χ0) is 21.0. The van der Waals surface area contributed by atoms with Crippen LogP contribution in [0.1, 0.15) is 58.4 Å². The van der Waals surface area contributed by atoms with Gasteiger partial charge in [-0.3, -0.25) is 34.3 Å². The number of piperidine rings is 3. The summed E-state index contributed by atoms with van der Waals surface area (Å²) in [4.78, 5) is 53.5. The molecule has 4 atom stereocenters. The summed E-state index contributed by atoms with van der Waals surface area (Å²) in [5.74, 6) is -0.724. The second-order valence-electron chi connectivity index (χ2n) is 8.96. The first kappa shape index (κ1) is 19.4. The lowest BCUT2D eigenvalue weighted by molar-refractivity contribution is -0.136. The Hall–Kier alpha value is -2.58. The Morgan fingerprint density at radius 1 is 1.07 bits per heavy atom. The van der Waals surface area contributed by atoms with Crippen LogP contribution in [-0.2, 0) is 16.1 Å². The quantitative estimate of drug-likeness (QED) is 0.705. The maximum atomic E-state index is 13.3. The highest BCUT2D eigenvalue weighted by Crippen LogP contribution is 2.40. The number of nitrogens with zero attached hydrogens (tertiary/aromatic N) is 2. The number of imide groups is 2. The molecule has 4 amide bonds. The van der Waals surface area contributed by atoms with E-state index in [0.717, 1.165) is 23.4 Å². The number of nitrogens with two attached hydrogens (primary N) is 1. The van der Waals surface area contributed by atoms with Crippen LogP contribution in [0, 0.1) is 11.8 Å². The number of hydrogen-bond acceptors (Lipinski definition) is 6. The van der Waals surface area contributed by atoms with Crippen LogP contribution in [0.15, 0.2) is 18.2 Å². The van der Waals surface area contributed by atoms with Gasteiger partial charge in [0.15, 0.2) is 0 Å². The Bertz CT molecular complexity index is 945. The Morgan fingerprint density at radius 3 is 2.63 bits per heavy atom. The summed E-state index contributed by atoms with van der Waals surface area (Å²) in [5, 5.41) is 2.24. The number of carbonyl (C=O) groups is 4. The molecule has 6 rings (SSSR count). The highest BCUT2D eigenvalue weighted by atomic mass is 16.2. The van der Waals surface area contributed by atoms with E-state index in [1.54, 1.807) is 12.1 Å². The molecule has 1 aromatic rings. The highest BCUT2D eigenvalue weighted by Gasteiger charge is 2.46. The summed E-state index contributed by atoms with van der Waals surface area (Å²) in [6.07, 6.45) is 3.81. The van der Waals surface area contributed by atoms with E-state index >= 15 is 0 Å². The van der Waals surface area contributed by atoms with Gasteiger partial charge in [-0.15, -0.1) is 0 Å². The van der Waals surface area contributed by atoms with Crippen molar-refractivity contribution in [2.75, 3.05) is 13.1 Å². The van der Waals surface area contributed by atoms with Gasteiger partial charge in [-0.2, -0.15) is 0 Å². The fraction of sp³-hybridized carbons (Fsp3) is 0.545. The van der Waals surface area contributed by atoms with Gasteiger partial charge in [-0.05, 0) is 55.7 Å². The molecule has 0 radical (unpaired) electrons. The Labute approximate surface area is 174 Å². The van der Waals surface area contributed by atoms with E-state index in [1.807, 2.05) is 6.07 Å². The summed E-state index contributed by atoms with van der Waals surface area (Å²) in [6, 6.07) is 4.83. The number of rotatable bonds is 4. The minimum absolute atomic E-state index is 0.119. The second kappa shape index (κ2) is 7.28. The molecule has 8 nitrogen and oxygen atoms in total. The topological polar surface area (TPSA) is 113 Å². The van der Waals surface area contributed by atoms with Gasteiger partial charge in [0.1, 0.15) is 6.04 Å². The zero-order valence-corrected chi connectivity index (χ0v) is 16.8. The van der Waals surface area contributed by atoms with Gasteiger partial charge in [-0.25, -0.2) is 0 Å². The lowest BCUT2D eigenvalue weighted by Gasteiger charge is -2.50. The molecule has 4 fully saturated rings. The summed E-state index contributed by atoms with van der Waals surface area (Å²) >= 11 is 0. The maximum absolute atomic E-state index is 13.3. The predicted octanol–water partition coefficient (Wildman–Crippen LogP) is 0.647. The minimum Gasteiger partial charge on any atom is -0.330 e. The lowest BCUT2D eigenvalue weighted by atomic mass is 9.72. The van der Waals surface area contributed by atoms with Crippen molar-refractivity contribution in [1.29, 1.82) is 0 Å². The van der Waals surface area contributed by atoms with Crippen molar-refractivity contribution in [2.45, 2.75) is 50.7 Å². The van der Waals surface area contributed by atoms with E-state index in [1.165, 1.54) is 12.8 Å². The molecule has 5 aliphatic rings. The fourth-order valence-electron chi connectivity index (χ4n) is 5.83. The number of carbonyl (C=O) groups excluding carboxylic acids is 4. The molecule has 4 aliphatic heterocycles. The average Bonchev–Trinajstić information content (AvgIpc) is 3.00. The summed E-state index contributed by atoms with van der Waals surface area (Å²) in [5.41, 5.74) is 7.58. The third-order valence-corrected chi connectivity index (χ3v) is 7.24. The largest absolute Gasteiger partial charge is 0.330 e. The van der Waals surface area contributed by atoms with E-state index in [2.05, 4.69) is 10.2 Å². The molecule has 1 aromatic carbocycles. The van der Waals surface area contributed by atoms with Crippen LogP contribution in [0.5, 0.6) is 0 Å². The van der Waals surface area contributed by atoms with Crippen LogP contribution >= 0.6 is 0 Å². The SMILES string of the molecule is NCC1CC2CCC1N(Cc1cccc3c1C(=O)N(C1CCC(=O)NC1=O)C3=O)C2. The molecule has 30 heavy (non-hydrogen) atoms. The molecule has 0 aromatic heterocycles. The number of hydrogen-bond donors (Lipinski definition) is 2. The molecular weight excluding hydrogens is 384 g/mol. The molecule has 4 heterocycles. The number of fused-ring (bicyclic) bond motifs is 4. The maximum Gasteiger partial charge on any atom is 0.262 e. The molecule has 1 aliphatic carbocycles. The van der Waals surface area contributed by atoms with Crippen molar-refractivity contribution >= 4 is 23.6 Å². The standard InChI is InChI=1S/C22H26N4O4/c23-9-14-8-12-4-5-16(14)25(10-12)11-13-2-1-3-15-19(13)22(30)26(21(15)29)17-6-7-18(27)24-20(17)28/h1-3,12,14,16-17H,4-11,23H2,(H,24,27,28). The van der Waals surface area contributed by atoms with Gasteiger partial charge in [0.25, 0.3) is 11.8 Å². The molecule has 2 bridgehead atoms. The molecular formula is C22H26N4O4. The van der Waals surface area contributed by atoms with E-state index in [9.17, 15) is 19.2 Å². The van der Waals surface area contributed by atoms with Gasteiger partial charge in [0.05, 0.1) is 11.1 Å². The second-order valence-corrected chi connectivity index (χ2v) is 8.96. The molecule has 158 valence electrons. The van der Waals surface area contributed by atoms with Crippen molar-refractivity contribution in [2.24, 2.45) is 17.6 Å². The molecule has 8 heteroatoms. The fourth-order valence-corrected chi connectivity index (χ4v) is 5.83. The normalized spacial score (nSPS) is 31.3. The van der Waals surface area contributed by atoms with Crippen molar-refractivity contribution in [3.8, 4) is 0 Å². The molecule has 0 spiro atoms. The van der Waals surface area contributed by atoms with E-state index in [4.69, 9.17) is 5.73 Å². The summed E-state index contributed by atoms with van der Waals surface area (Å²) < 4.78 is 0. The average molecular weight is 410 g/mol. The van der Waals surface area contributed by atoms with Gasteiger partial charge in [0, 0.05) is 25.6 Å². The smallest absolute Gasteiger partial charge is 0.262 e. The van der Waals surface area contributed by atoms with E-state index in [0.29, 0.717) is 42.1 Å². The van der Waals surface area contributed by atoms with Crippen molar-refractivity contribution in [1.82, 2.24) is 15.1 Å². The van der Waals surface area contributed by atoms with Crippen molar-refractivity contribution in [3.63, 3.8) is 0 Å². The van der Waals surface area contributed by atoms with Gasteiger partial charge < -0.3 is 5.73 Å². The molecule has 4 unspecified atom stereocenters. The Balaban J connectivity index is 1.43. The molecule has 3 N–H and O–H groups in total. The molecule has 1 saturated carbocycles. The van der Waals surface area contributed by atoms with Crippen molar-refractivity contribution < 1.29 is 19.2 Å². The summed E-state index contributed by atoms with van der Waals surface area (Å²) in [6.45, 7) is 2.26. The number of nitrogens with one attached hydrogen (secondary N) is 1. The predicted molar refractivity (Wildman–Crippen MR) is 107 cm³/mol. The van der Waals surface area contributed by atoms with Crippen LogP contribution in [0.3, 0.4) is 0 Å². The van der Waals surface area contributed by atoms with Crippen LogP contribution < -0.4 is 11.1 Å². The number of benzene rings is 1. The Morgan fingerprint density at radius 2 is 1.90 bits per heavy atom. The highest BCUT2D eigenvalue weighted by molar-refractivity contribution is 6.24. The first-order valence-corrected chi connectivity index (χ1v) is 10.8. The first-order valence-electron chi connectivity index (χ1n) is 10.8. The number of amides is 4. The minimum atomic E-state index is -0.935.